The Bertz CT molecular complexity index is 1070. The van der Waals surface area contributed by atoms with Crippen LogP contribution in [0.15, 0.2) is 66.7 Å². The smallest absolute Gasteiger partial charge is 0.308 e. The molecule has 3 aromatic rings. The largest absolute Gasteiger partial charge is 0.497 e. The van der Waals surface area contributed by atoms with Crippen molar-refractivity contribution in [3.05, 3.63) is 77.9 Å². The number of hydrogen-bond acceptors (Lipinski definition) is 4. The third kappa shape index (κ3) is 2.47. The van der Waals surface area contributed by atoms with E-state index in [9.17, 15) is 10.1 Å². The lowest BCUT2D eigenvalue weighted by molar-refractivity contribution is -0.146. The minimum atomic E-state index is -1.39. The van der Waals surface area contributed by atoms with Crippen LogP contribution in [0, 0.1) is 11.3 Å². The maximum atomic E-state index is 12.4. The van der Waals surface area contributed by atoms with Crippen LogP contribution >= 0.6 is 0 Å². The fourth-order valence-electron chi connectivity index (χ4n) is 3.98. The van der Waals surface area contributed by atoms with E-state index < -0.39 is 11.0 Å². The summed E-state index contributed by atoms with van der Waals surface area (Å²) in [6.45, 7) is 1.93. The van der Waals surface area contributed by atoms with Crippen molar-refractivity contribution >= 4 is 16.7 Å². The van der Waals surface area contributed by atoms with Gasteiger partial charge in [-0.1, -0.05) is 54.6 Å². The average molecular weight is 357 g/mol. The van der Waals surface area contributed by atoms with E-state index in [0.717, 1.165) is 16.3 Å². The van der Waals surface area contributed by atoms with Gasteiger partial charge in [-0.15, -0.1) is 0 Å². The summed E-state index contributed by atoms with van der Waals surface area (Å²) in [4.78, 5) is 12.4. The molecular weight excluding hydrogens is 338 g/mol. The van der Waals surface area contributed by atoms with E-state index in [-0.39, 0.29) is 12.4 Å². The van der Waals surface area contributed by atoms with E-state index >= 15 is 0 Å². The van der Waals surface area contributed by atoms with Gasteiger partial charge >= 0.3 is 5.97 Å². The molecule has 2 unspecified atom stereocenters. The molecule has 2 atom stereocenters. The minimum absolute atomic E-state index is 0.144. The SMILES string of the molecule is COc1ccc(C2(C#N)OC(=O)CC2(C)c2ccc3ccccc3c2)cc1. The number of carbonyl (C=O) groups is 1. The number of nitrogens with zero attached hydrogens (tertiary/aromatic N) is 1. The number of benzene rings is 3. The lowest BCUT2D eigenvalue weighted by Crippen LogP contribution is -2.42. The Hall–Kier alpha value is -3.32. The van der Waals surface area contributed by atoms with Gasteiger partial charge in [0.25, 0.3) is 0 Å². The highest BCUT2D eigenvalue weighted by Crippen LogP contribution is 2.52. The molecule has 1 fully saturated rings. The molecule has 27 heavy (non-hydrogen) atoms. The molecule has 3 aromatic carbocycles. The van der Waals surface area contributed by atoms with Crippen LogP contribution in [-0.4, -0.2) is 13.1 Å². The summed E-state index contributed by atoms with van der Waals surface area (Å²) < 4.78 is 10.9. The Kier molecular flexibility index (Phi) is 3.89. The molecule has 4 nitrogen and oxygen atoms in total. The van der Waals surface area contributed by atoms with E-state index in [1.807, 2.05) is 49.4 Å². The third-order valence-electron chi connectivity index (χ3n) is 5.58. The van der Waals surface area contributed by atoms with Crippen LogP contribution in [0.5, 0.6) is 5.75 Å². The fraction of sp³-hybridized carbons (Fsp3) is 0.217. The molecule has 0 saturated carbocycles. The summed E-state index contributed by atoms with van der Waals surface area (Å²) in [5.74, 6) is 0.312. The van der Waals surface area contributed by atoms with Gasteiger partial charge in [0, 0.05) is 5.56 Å². The molecule has 0 aromatic heterocycles. The highest BCUT2D eigenvalue weighted by Gasteiger charge is 2.60. The van der Waals surface area contributed by atoms with Crippen LogP contribution < -0.4 is 4.74 Å². The average Bonchev–Trinajstić information content (AvgIpc) is 2.99. The zero-order valence-corrected chi connectivity index (χ0v) is 15.2. The van der Waals surface area contributed by atoms with E-state index in [4.69, 9.17) is 9.47 Å². The van der Waals surface area contributed by atoms with Crippen LogP contribution in [0.3, 0.4) is 0 Å². The van der Waals surface area contributed by atoms with Crippen molar-refractivity contribution < 1.29 is 14.3 Å². The molecule has 134 valence electrons. The highest BCUT2D eigenvalue weighted by atomic mass is 16.6. The highest BCUT2D eigenvalue weighted by molar-refractivity contribution is 5.84. The normalized spacial score (nSPS) is 24.4. The molecular formula is C23H19NO3. The predicted octanol–water partition coefficient (Wildman–Crippen LogP) is 4.47. The number of ether oxygens (including phenoxy) is 2. The van der Waals surface area contributed by atoms with Crippen molar-refractivity contribution in [1.82, 2.24) is 0 Å². The first-order chi connectivity index (χ1) is 13.0. The maximum absolute atomic E-state index is 12.4. The lowest BCUT2D eigenvalue weighted by atomic mass is 9.66. The molecule has 1 aliphatic rings. The van der Waals surface area contributed by atoms with Gasteiger partial charge in [-0.05, 0) is 35.4 Å². The second kappa shape index (κ2) is 6.14. The van der Waals surface area contributed by atoms with Gasteiger partial charge in [0.1, 0.15) is 11.8 Å². The molecule has 0 amide bonds. The molecule has 0 N–H and O–H groups in total. The monoisotopic (exact) mass is 357 g/mol. The number of fused-ring (bicyclic) bond motifs is 1. The Morgan fingerprint density at radius 2 is 1.67 bits per heavy atom. The molecule has 0 spiro atoms. The second-order valence-corrected chi connectivity index (χ2v) is 7.07. The van der Waals surface area contributed by atoms with Crippen molar-refractivity contribution in [1.29, 1.82) is 5.26 Å². The van der Waals surface area contributed by atoms with Crippen LogP contribution in [-0.2, 0) is 20.5 Å². The number of carbonyl (C=O) groups excluding carboxylic acids is 1. The number of esters is 1. The third-order valence-corrected chi connectivity index (χ3v) is 5.58. The summed E-state index contributed by atoms with van der Waals surface area (Å²) in [6, 6.07) is 23.6. The molecule has 1 aliphatic heterocycles. The Morgan fingerprint density at radius 1 is 1.00 bits per heavy atom. The molecule has 0 bridgehead atoms. The van der Waals surface area contributed by atoms with E-state index in [2.05, 4.69) is 6.07 Å². The molecule has 1 saturated heterocycles. The summed E-state index contributed by atoms with van der Waals surface area (Å²) in [6.07, 6.45) is 0.144. The van der Waals surface area contributed by atoms with Crippen molar-refractivity contribution in [3.63, 3.8) is 0 Å². The molecule has 1 heterocycles. The second-order valence-electron chi connectivity index (χ2n) is 7.07. The van der Waals surface area contributed by atoms with Gasteiger partial charge in [0.15, 0.2) is 0 Å². The Balaban J connectivity index is 1.91. The maximum Gasteiger partial charge on any atom is 0.308 e. The number of rotatable bonds is 3. The summed E-state index contributed by atoms with van der Waals surface area (Å²) in [5.41, 5.74) is -0.646. The van der Waals surface area contributed by atoms with Gasteiger partial charge < -0.3 is 9.47 Å². The van der Waals surface area contributed by atoms with E-state index in [1.165, 1.54) is 0 Å². The number of methoxy groups -OCH3 is 1. The fourth-order valence-corrected chi connectivity index (χ4v) is 3.98. The standard InChI is InChI=1S/C23H19NO3/c1-22(19-8-7-16-5-3-4-6-17(16)13-19)14-21(25)27-23(22,15-24)18-9-11-20(26-2)12-10-18/h3-13H,14H2,1-2H3. The molecule has 4 rings (SSSR count). The van der Waals surface area contributed by atoms with Crippen LogP contribution in [0.2, 0.25) is 0 Å². The molecule has 4 heteroatoms. The van der Waals surface area contributed by atoms with Gasteiger partial charge in [-0.2, -0.15) is 5.26 Å². The first kappa shape index (κ1) is 17.1. The molecule has 0 aliphatic carbocycles. The first-order valence-electron chi connectivity index (χ1n) is 8.79. The van der Waals surface area contributed by atoms with Gasteiger partial charge in [-0.3, -0.25) is 4.79 Å². The summed E-state index contributed by atoms with van der Waals surface area (Å²) >= 11 is 0. The predicted molar refractivity (Wildman–Crippen MR) is 102 cm³/mol. The van der Waals surface area contributed by atoms with Crippen LogP contribution in [0.25, 0.3) is 10.8 Å². The first-order valence-corrected chi connectivity index (χ1v) is 8.79. The quantitative estimate of drug-likeness (QED) is 0.649. The topological polar surface area (TPSA) is 59.3 Å². The summed E-state index contributed by atoms with van der Waals surface area (Å²) in [5, 5.41) is 12.3. The lowest BCUT2D eigenvalue weighted by Gasteiger charge is -2.36. The zero-order chi connectivity index (χ0) is 19.1. The van der Waals surface area contributed by atoms with Gasteiger partial charge in [0.05, 0.1) is 18.9 Å². The van der Waals surface area contributed by atoms with Crippen molar-refractivity contribution in [2.24, 2.45) is 0 Å². The number of cyclic esters (lactones) is 1. The van der Waals surface area contributed by atoms with E-state index in [1.54, 1.807) is 31.4 Å². The van der Waals surface area contributed by atoms with Crippen LogP contribution in [0.1, 0.15) is 24.5 Å². The summed E-state index contributed by atoms with van der Waals surface area (Å²) in [7, 11) is 1.59. The minimum Gasteiger partial charge on any atom is -0.497 e. The van der Waals surface area contributed by atoms with E-state index in [0.29, 0.717) is 11.3 Å². The van der Waals surface area contributed by atoms with Gasteiger partial charge in [0.2, 0.25) is 5.60 Å². The number of nitriles is 1. The van der Waals surface area contributed by atoms with Crippen molar-refractivity contribution in [2.45, 2.75) is 24.4 Å². The van der Waals surface area contributed by atoms with Crippen molar-refractivity contribution in [3.8, 4) is 11.8 Å². The van der Waals surface area contributed by atoms with Crippen molar-refractivity contribution in [2.75, 3.05) is 7.11 Å². The zero-order valence-electron chi connectivity index (χ0n) is 15.2. The van der Waals surface area contributed by atoms with Gasteiger partial charge in [-0.25, -0.2) is 0 Å². The van der Waals surface area contributed by atoms with Crippen LogP contribution in [0.4, 0.5) is 0 Å². The number of hydrogen-bond donors (Lipinski definition) is 0. The Labute approximate surface area is 158 Å². The Morgan fingerprint density at radius 3 is 2.33 bits per heavy atom. The molecule has 0 radical (unpaired) electrons.